The predicted molar refractivity (Wildman–Crippen MR) is 78.5 cm³/mol. The molecule has 1 aliphatic carbocycles. The molecule has 0 bridgehead atoms. The Bertz CT molecular complexity index is 410. The van der Waals surface area contributed by atoms with Gasteiger partial charge in [-0.3, -0.25) is 4.79 Å². The highest BCUT2D eigenvalue weighted by atomic mass is 16.4. The van der Waals surface area contributed by atoms with Gasteiger partial charge < -0.3 is 10.2 Å². The third kappa shape index (κ3) is 4.64. The summed E-state index contributed by atoms with van der Waals surface area (Å²) in [7, 11) is 0. The van der Waals surface area contributed by atoms with Gasteiger partial charge in [-0.1, -0.05) is 56.0 Å². The third-order valence-corrected chi connectivity index (χ3v) is 4.31. The number of rotatable bonds is 7. The zero-order chi connectivity index (χ0) is 14.4. The van der Waals surface area contributed by atoms with Gasteiger partial charge in [0.05, 0.1) is 12.0 Å². The zero-order valence-electron chi connectivity index (χ0n) is 11.9. The molecule has 3 heteroatoms. The minimum Gasteiger partial charge on any atom is -0.481 e. The number of aliphatic carboxylic acids is 1. The van der Waals surface area contributed by atoms with Crippen LogP contribution in [0.25, 0.3) is 0 Å². The summed E-state index contributed by atoms with van der Waals surface area (Å²) in [4.78, 5) is 11.4. The van der Waals surface area contributed by atoms with E-state index in [0.717, 1.165) is 12.0 Å². The maximum absolute atomic E-state index is 11.4. The molecule has 110 valence electrons. The standard InChI is InChI=1S/C17H24O3/c18-16(11-14-8-4-5-9-14)12-15(17(19)20)10-13-6-2-1-3-7-13/h1-3,6-7,14-16,18H,4-5,8-12H2,(H,19,20). The average Bonchev–Trinajstić information content (AvgIpc) is 2.92. The molecule has 3 nitrogen and oxygen atoms in total. The van der Waals surface area contributed by atoms with Gasteiger partial charge in [0.15, 0.2) is 0 Å². The summed E-state index contributed by atoms with van der Waals surface area (Å²) in [6, 6.07) is 9.65. The van der Waals surface area contributed by atoms with Gasteiger partial charge in [-0.25, -0.2) is 0 Å². The second-order valence-electron chi connectivity index (χ2n) is 6.00. The summed E-state index contributed by atoms with van der Waals surface area (Å²) >= 11 is 0. The van der Waals surface area contributed by atoms with Crippen LogP contribution in [0.1, 0.15) is 44.1 Å². The lowest BCUT2D eigenvalue weighted by molar-refractivity contribution is -0.142. The topological polar surface area (TPSA) is 57.5 Å². The van der Waals surface area contributed by atoms with Crippen LogP contribution in [0.4, 0.5) is 0 Å². The highest BCUT2D eigenvalue weighted by Gasteiger charge is 2.25. The largest absolute Gasteiger partial charge is 0.481 e. The molecule has 2 N–H and O–H groups in total. The molecule has 0 aliphatic heterocycles. The second kappa shape index (κ2) is 7.44. The Hall–Kier alpha value is -1.35. The highest BCUT2D eigenvalue weighted by molar-refractivity contribution is 5.70. The maximum atomic E-state index is 11.4. The van der Waals surface area contributed by atoms with Crippen molar-refractivity contribution in [1.82, 2.24) is 0 Å². The van der Waals surface area contributed by atoms with E-state index in [0.29, 0.717) is 18.8 Å². The zero-order valence-corrected chi connectivity index (χ0v) is 11.9. The van der Waals surface area contributed by atoms with E-state index in [-0.39, 0.29) is 0 Å². The van der Waals surface area contributed by atoms with Gasteiger partial charge in [0.2, 0.25) is 0 Å². The quantitative estimate of drug-likeness (QED) is 0.803. The van der Waals surface area contributed by atoms with Crippen molar-refractivity contribution in [1.29, 1.82) is 0 Å². The van der Waals surface area contributed by atoms with Crippen LogP contribution in [0.2, 0.25) is 0 Å². The van der Waals surface area contributed by atoms with Gasteiger partial charge in [0, 0.05) is 0 Å². The minimum atomic E-state index is -0.806. The fraction of sp³-hybridized carbons (Fsp3) is 0.588. The highest BCUT2D eigenvalue weighted by Crippen LogP contribution is 2.30. The summed E-state index contributed by atoms with van der Waals surface area (Å²) < 4.78 is 0. The first-order chi connectivity index (χ1) is 9.65. The molecule has 1 saturated carbocycles. The molecule has 0 radical (unpaired) electrons. The second-order valence-corrected chi connectivity index (χ2v) is 6.00. The normalized spacial score (nSPS) is 18.9. The van der Waals surface area contributed by atoms with Crippen molar-refractivity contribution in [3.8, 4) is 0 Å². The van der Waals surface area contributed by atoms with Gasteiger partial charge in [-0.15, -0.1) is 0 Å². The van der Waals surface area contributed by atoms with Crippen LogP contribution in [-0.4, -0.2) is 22.3 Å². The van der Waals surface area contributed by atoms with Crippen LogP contribution < -0.4 is 0 Å². The fourth-order valence-corrected chi connectivity index (χ4v) is 3.23. The number of aliphatic hydroxyl groups excluding tert-OH is 1. The lowest BCUT2D eigenvalue weighted by atomic mass is 9.89. The van der Waals surface area contributed by atoms with Crippen LogP contribution in [0.15, 0.2) is 30.3 Å². The van der Waals surface area contributed by atoms with Gasteiger partial charge in [0.1, 0.15) is 0 Å². The molecule has 0 aromatic heterocycles. The van der Waals surface area contributed by atoms with Crippen LogP contribution in [-0.2, 0) is 11.2 Å². The van der Waals surface area contributed by atoms with E-state index < -0.39 is 18.0 Å². The molecule has 1 aliphatic rings. The summed E-state index contributed by atoms with van der Waals surface area (Å²) in [5.41, 5.74) is 1.02. The van der Waals surface area contributed by atoms with E-state index in [4.69, 9.17) is 0 Å². The first-order valence-corrected chi connectivity index (χ1v) is 7.60. The molecule has 0 saturated heterocycles. The van der Waals surface area contributed by atoms with Gasteiger partial charge in [-0.05, 0) is 30.7 Å². The number of carbonyl (C=O) groups is 1. The minimum absolute atomic E-state index is 0.362. The van der Waals surface area contributed by atoms with E-state index in [1.165, 1.54) is 25.7 Å². The van der Waals surface area contributed by atoms with Crippen molar-refractivity contribution in [2.75, 3.05) is 0 Å². The Morgan fingerprint density at radius 2 is 1.85 bits per heavy atom. The van der Waals surface area contributed by atoms with Crippen LogP contribution in [0.3, 0.4) is 0 Å². The summed E-state index contributed by atoms with van der Waals surface area (Å²) in [5.74, 6) is -0.704. The number of hydrogen-bond donors (Lipinski definition) is 2. The molecule has 0 heterocycles. The van der Waals surface area contributed by atoms with Crippen molar-refractivity contribution in [3.05, 3.63) is 35.9 Å². The lowest BCUT2D eigenvalue weighted by Crippen LogP contribution is -2.24. The first kappa shape index (κ1) is 15.0. The average molecular weight is 276 g/mol. The Morgan fingerprint density at radius 3 is 2.45 bits per heavy atom. The van der Waals surface area contributed by atoms with Crippen LogP contribution in [0, 0.1) is 11.8 Å². The molecule has 2 unspecified atom stereocenters. The molecular formula is C17H24O3. The number of carboxylic acids is 1. The Labute approximate surface area is 120 Å². The third-order valence-electron chi connectivity index (χ3n) is 4.31. The van der Waals surface area contributed by atoms with Gasteiger partial charge in [0.25, 0.3) is 0 Å². The summed E-state index contributed by atoms with van der Waals surface area (Å²) in [6.45, 7) is 0. The molecule has 2 rings (SSSR count). The van der Waals surface area contributed by atoms with Gasteiger partial charge >= 0.3 is 5.97 Å². The monoisotopic (exact) mass is 276 g/mol. The molecule has 0 amide bonds. The molecule has 20 heavy (non-hydrogen) atoms. The SMILES string of the molecule is O=C(O)C(Cc1ccccc1)CC(O)CC1CCCC1. The van der Waals surface area contributed by atoms with E-state index in [9.17, 15) is 15.0 Å². The van der Waals surface area contributed by atoms with E-state index in [1.54, 1.807) is 0 Å². The van der Waals surface area contributed by atoms with E-state index >= 15 is 0 Å². The Kier molecular flexibility index (Phi) is 5.60. The number of aliphatic hydroxyl groups is 1. The fourth-order valence-electron chi connectivity index (χ4n) is 3.23. The summed E-state index contributed by atoms with van der Waals surface area (Å²) in [6.07, 6.45) is 6.02. The van der Waals surface area contributed by atoms with Crippen LogP contribution >= 0.6 is 0 Å². The van der Waals surface area contributed by atoms with Crippen molar-refractivity contribution in [2.24, 2.45) is 11.8 Å². The van der Waals surface area contributed by atoms with Crippen molar-refractivity contribution in [3.63, 3.8) is 0 Å². The first-order valence-electron chi connectivity index (χ1n) is 7.60. The van der Waals surface area contributed by atoms with Crippen molar-refractivity contribution in [2.45, 2.75) is 51.0 Å². The number of hydrogen-bond acceptors (Lipinski definition) is 2. The Balaban J connectivity index is 1.86. The molecular weight excluding hydrogens is 252 g/mol. The molecule has 2 atom stereocenters. The van der Waals surface area contributed by atoms with E-state index in [2.05, 4.69) is 0 Å². The predicted octanol–water partition coefficient (Wildman–Crippen LogP) is 3.26. The number of benzene rings is 1. The molecule has 1 aromatic rings. The van der Waals surface area contributed by atoms with E-state index in [1.807, 2.05) is 30.3 Å². The molecule has 0 spiro atoms. The Morgan fingerprint density at radius 1 is 1.20 bits per heavy atom. The molecule has 1 fully saturated rings. The van der Waals surface area contributed by atoms with Crippen molar-refractivity contribution >= 4 is 5.97 Å². The summed E-state index contributed by atoms with van der Waals surface area (Å²) in [5, 5.41) is 19.5. The van der Waals surface area contributed by atoms with Gasteiger partial charge in [-0.2, -0.15) is 0 Å². The smallest absolute Gasteiger partial charge is 0.306 e. The number of carboxylic acid groups (broad SMARTS) is 1. The maximum Gasteiger partial charge on any atom is 0.306 e. The van der Waals surface area contributed by atoms with Crippen molar-refractivity contribution < 1.29 is 15.0 Å². The molecule has 1 aromatic carbocycles. The lowest BCUT2D eigenvalue weighted by Gasteiger charge is -2.19. The van der Waals surface area contributed by atoms with Crippen LogP contribution in [0.5, 0.6) is 0 Å².